The number of nitrogens with one attached hydrogen (secondary N) is 2. The minimum atomic E-state index is 0.165. The first-order chi connectivity index (χ1) is 8.92. The molecule has 1 saturated heterocycles. The monoisotopic (exact) mass is 270 g/mol. The zero-order valence-electron chi connectivity index (χ0n) is 13.1. The average molecular weight is 270 g/mol. The molecule has 1 rings (SSSR count). The molecule has 0 radical (unpaired) electrons. The van der Waals surface area contributed by atoms with Gasteiger partial charge in [0, 0.05) is 51.8 Å². The van der Waals surface area contributed by atoms with E-state index >= 15 is 0 Å². The van der Waals surface area contributed by atoms with Crippen molar-refractivity contribution in [3.63, 3.8) is 0 Å². The summed E-state index contributed by atoms with van der Waals surface area (Å²) in [6.07, 6.45) is 1.16. The van der Waals surface area contributed by atoms with Crippen molar-refractivity contribution in [3.05, 3.63) is 0 Å². The van der Waals surface area contributed by atoms with Gasteiger partial charge in [-0.15, -0.1) is 0 Å². The Kier molecular flexibility index (Phi) is 6.58. The maximum atomic E-state index is 5.41. The summed E-state index contributed by atoms with van der Waals surface area (Å²) >= 11 is 0. The number of hydrogen-bond donors (Lipinski definition) is 2. The van der Waals surface area contributed by atoms with Crippen LogP contribution in [0.25, 0.3) is 0 Å². The molecule has 0 aromatic heterocycles. The van der Waals surface area contributed by atoms with Gasteiger partial charge in [0.2, 0.25) is 0 Å². The molecule has 112 valence electrons. The normalized spacial score (nSPS) is 20.7. The van der Waals surface area contributed by atoms with E-state index in [-0.39, 0.29) is 5.54 Å². The van der Waals surface area contributed by atoms with E-state index in [9.17, 15) is 0 Å². The quantitative estimate of drug-likeness (QED) is 0.443. The predicted octanol–water partition coefficient (Wildman–Crippen LogP) is 0.918. The summed E-state index contributed by atoms with van der Waals surface area (Å²) in [5.41, 5.74) is 0.165. The van der Waals surface area contributed by atoms with Gasteiger partial charge < -0.3 is 20.3 Å². The Balaban J connectivity index is 2.24. The Bertz CT molecular complexity index is 280. The minimum absolute atomic E-state index is 0.165. The molecule has 2 N–H and O–H groups in total. The molecular weight excluding hydrogens is 240 g/mol. The molecule has 0 aromatic carbocycles. The van der Waals surface area contributed by atoms with Crippen molar-refractivity contribution in [2.75, 3.05) is 46.9 Å². The predicted molar refractivity (Wildman–Crippen MR) is 80.7 cm³/mol. The Morgan fingerprint density at radius 2 is 2.11 bits per heavy atom. The first-order valence-electron chi connectivity index (χ1n) is 7.17. The first kappa shape index (κ1) is 16.2. The zero-order valence-corrected chi connectivity index (χ0v) is 13.1. The lowest BCUT2D eigenvalue weighted by atomic mass is 10.1. The molecule has 1 fully saturated rings. The summed E-state index contributed by atoms with van der Waals surface area (Å²) in [7, 11) is 3.92. The maximum Gasteiger partial charge on any atom is 0.193 e. The largest absolute Gasteiger partial charge is 0.381 e. The summed E-state index contributed by atoms with van der Waals surface area (Å²) in [5.74, 6) is 1.60. The van der Waals surface area contributed by atoms with E-state index < -0.39 is 0 Å². The van der Waals surface area contributed by atoms with Gasteiger partial charge >= 0.3 is 0 Å². The summed E-state index contributed by atoms with van der Waals surface area (Å²) in [5, 5.41) is 6.85. The van der Waals surface area contributed by atoms with Crippen LogP contribution in [0.5, 0.6) is 0 Å². The van der Waals surface area contributed by atoms with Crippen LogP contribution in [0.1, 0.15) is 27.2 Å². The standard InChI is InChI=1S/C14H30N4O/c1-14(2,3)17-8-7-16-13(15-4)18(5)10-12-6-9-19-11-12/h12,17H,6-11H2,1-5H3,(H,15,16). The fourth-order valence-electron chi connectivity index (χ4n) is 2.20. The smallest absolute Gasteiger partial charge is 0.193 e. The van der Waals surface area contributed by atoms with E-state index in [0.29, 0.717) is 5.92 Å². The summed E-state index contributed by atoms with van der Waals surface area (Å²) < 4.78 is 5.41. The first-order valence-corrected chi connectivity index (χ1v) is 7.17. The third-order valence-corrected chi connectivity index (χ3v) is 3.19. The fourth-order valence-corrected chi connectivity index (χ4v) is 2.20. The average Bonchev–Trinajstić information content (AvgIpc) is 2.80. The zero-order chi connectivity index (χ0) is 14.3. The van der Waals surface area contributed by atoms with Crippen molar-refractivity contribution in [1.82, 2.24) is 15.5 Å². The Labute approximate surface area is 117 Å². The topological polar surface area (TPSA) is 48.9 Å². The molecule has 19 heavy (non-hydrogen) atoms. The van der Waals surface area contributed by atoms with Crippen LogP contribution < -0.4 is 10.6 Å². The molecular formula is C14H30N4O. The van der Waals surface area contributed by atoms with E-state index in [1.54, 1.807) is 0 Å². The number of nitrogens with zero attached hydrogens (tertiary/aromatic N) is 2. The van der Waals surface area contributed by atoms with Crippen LogP contribution in [0.3, 0.4) is 0 Å². The molecule has 0 aromatic rings. The Hall–Kier alpha value is -0.810. The number of aliphatic imine (C=N–C) groups is 1. The van der Waals surface area contributed by atoms with Gasteiger partial charge in [0.15, 0.2) is 5.96 Å². The molecule has 1 aliphatic rings. The van der Waals surface area contributed by atoms with Crippen molar-refractivity contribution in [1.29, 1.82) is 0 Å². The van der Waals surface area contributed by atoms with E-state index in [2.05, 4.69) is 48.3 Å². The highest BCUT2D eigenvalue weighted by molar-refractivity contribution is 5.79. The molecule has 0 spiro atoms. The Morgan fingerprint density at radius 3 is 2.63 bits per heavy atom. The van der Waals surface area contributed by atoms with E-state index in [1.165, 1.54) is 0 Å². The highest BCUT2D eigenvalue weighted by Crippen LogP contribution is 2.13. The second kappa shape index (κ2) is 7.70. The molecule has 0 bridgehead atoms. The van der Waals surface area contributed by atoms with Gasteiger partial charge in [-0.1, -0.05) is 0 Å². The molecule has 1 unspecified atom stereocenters. The number of guanidine groups is 1. The SMILES string of the molecule is CN=C(NCCNC(C)(C)C)N(C)CC1CCOC1. The van der Waals surface area contributed by atoms with E-state index in [4.69, 9.17) is 4.74 Å². The van der Waals surface area contributed by atoms with E-state index in [0.717, 1.165) is 45.2 Å². The van der Waals surface area contributed by atoms with Crippen LogP contribution in [-0.4, -0.2) is 63.3 Å². The molecule has 0 amide bonds. The van der Waals surface area contributed by atoms with Gasteiger partial charge in [0.05, 0.1) is 6.61 Å². The van der Waals surface area contributed by atoms with Crippen LogP contribution in [0.15, 0.2) is 4.99 Å². The minimum Gasteiger partial charge on any atom is -0.381 e. The van der Waals surface area contributed by atoms with Crippen LogP contribution >= 0.6 is 0 Å². The van der Waals surface area contributed by atoms with Crippen molar-refractivity contribution in [2.24, 2.45) is 10.9 Å². The van der Waals surface area contributed by atoms with Gasteiger partial charge in [-0.25, -0.2) is 0 Å². The second-order valence-electron chi connectivity index (χ2n) is 6.26. The van der Waals surface area contributed by atoms with Gasteiger partial charge in [-0.2, -0.15) is 0 Å². The number of hydrogen-bond acceptors (Lipinski definition) is 3. The lowest BCUT2D eigenvalue weighted by Crippen LogP contribution is -2.46. The van der Waals surface area contributed by atoms with Gasteiger partial charge in [0.25, 0.3) is 0 Å². The highest BCUT2D eigenvalue weighted by atomic mass is 16.5. The van der Waals surface area contributed by atoms with E-state index in [1.807, 2.05) is 7.05 Å². The van der Waals surface area contributed by atoms with Gasteiger partial charge in [-0.3, -0.25) is 4.99 Å². The van der Waals surface area contributed by atoms with Crippen molar-refractivity contribution >= 4 is 5.96 Å². The van der Waals surface area contributed by atoms with Crippen LogP contribution in [0, 0.1) is 5.92 Å². The number of rotatable bonds is 5. The van der Waals surface area contributed by atoms with Crippen molar-refractivity contribution in [2.45, 2.75) is 32.7 Å². The Morgan fingerprint density at radius 1 is 1.37 bits per heavy atom. The molecule has 1 heterocycles. The van der Waals surface area contributed by atoms with Crippen LogP contribution in [0.2, 0.25) is 0 Å². The second-order valence-corrected chi connectivity index (χ2v) is 6.26. The van der Waals surface area contributed by atoms with Crippen LogP contribution in [-0.2, 0) is 4.74 Å². The molecule has 1 aliphatic heterocycles. The van der Waals surface area contributed by atoms with Gasteiger partial charge in [0.1, 0.15) is 0 Å². The molecule has 1 atom stereocenters. The lowest BCUT2D eigenvalue weighted by Gasteiger charge is -2.25. The van der Waals surface area contributed by atoms with Crippen molar-refractivity contribution < 1.29 is 4.74 Å². The lowest BCUT2D eigenvalue weighted by molar-refractivity contribution is 0.181. The summed E-state index contributed by atoms with van der Waals surface area (Å²) in [6.45, 7) is 11.1. The number of ether oxygens (including phenoxy) is 1. The molecule has 5 heteroatoms. The maximum absolute atomic E-state index is 5.41. The summed E-state index contributed by atoms with van der Waals surface area (Å²) in [4.78, 5) is 6.52. The van der Waals surface area contributed by atoms with Crippen molar-refractivity contribution in [3.8, 4) is 0 Å². The van der Waals surface area contributed by atoms with Gasteiger partial charge in [-0.05, 0) is 27.2 Å². The third-order valence-electron chi connectivity index (χ3n) is 3.19. The van der Waals surface area contributed by atoms with Crippen LogP contribution in [0.4, 0.5) is 0 Å². The summed E-state index contributed by atoms with van der Waals surface area (Å²) in [6, 6.07) is 0. The highest BCUT2D eigenvalue weighted by Gasteiger charge is 2.18. The molecule has 0 aliphatic carbocycles. The molecule has 0 saturated carbocycles. The fraction of sp³-hybridized carbons (Fsp3) is 0.929. The molecule has 5 nitrogen and oxygen atoms in total. The third kappa shape index (κ3) is 6.78.